The van der Waals surface area contributed by atoms with Gasteiger partial charge in [-0.1, -0.05) is 12.1 Å². The molecule has 0 radical (unpaired) electrons. The molecule has 0 saturated carbocycles. The average Bonchev–Trinajstić information content (AvgIpc) is 2.75. The van der Waals surface area contributed by atoms with Crippen molar-refractivity contribution in [2.45, 2.75) is 26.1 Å². The fourth-order valence-corrected chi connectivity index (χ4v) is 2.92. The fraction of sp³-hybridized carbons (Fsp3) is 0.286. The van der Waals surface area contributed by atoms with E-state index in [4.69, 9.17) is 0 Å². The Bertz CT molecular complexity index is 560. The molecule has 1 nitrogen and oxygen atoms in total. The maximum absolute atomic E-state index is 12.9. The van der Waals surface area contributed by atoms with E-state index in [9.17, 15) is 13.2 Å². The van der Waals surface area contributed by atoms with Crippen LogP contribution < -0.4 is 5.32 Å². The number of anilines is 1. The summed E-state index contributed by atoms with van der Waals surface area (Å²) in [6, 6.07) is 7.37. The molecular weight excluding hydrogens is 271 g/mol. The van der Waals surface area contributed by atoms with Gasteiger partial charge >= 0.3 is 6.18 Å². The number of hydrogen-bond acceptors (Lipinski definition) is 2. The van der Waals surface area contributed by atoms with Gasteiger partial charge in [-0.3, -0.25) is 0 Å². The van der Waals surface area contributed by atoms with Crippen LogP contribution in [0.4, 0.5) is 18.9 Å². The Morgan fingerprint density at radius 3 is 2.42 bits per heavy atom. The summed E-state index contributed by atoms with van der Waals surface area (Å²) in [6.45, 7) is 3.83. The molecule has 0 saturated heterocycles. The normalized spacial score (nSPS) is 13.3. The summed E-state index contributed by atoms with van der Waals surface area (Å²) >= 11 is 1.55. The maximum Gasteiger partial charge on any atom is 0.418 e. The Balaban J connectivity index is 2.27. The molecule has 0 amide bonds. The first kappa shape index (κ1) is 13.9. The molecule has 0 fully saturated rings. The van der Waals surface area contributed by atoms with Gasteiger partial charge in [-0.2, -0.15) is 13.2 Å². The Kier molecular flexibility index (Phi) is 3.85. The highest BCUT2D eigenvalue weighted by Gasteiger charge is 2.33. The van der Waals surface area contributed by atoms with Crippen LogP contribution in [-0.2, 0) is 6.18 Å². The number of benzene rings is 1. The van der Waals surface area contributed by atoms with E-state index >= 15 is 0 Å². The van der Waals surface area contributed by atoms with E-state index in [1.54, 1.807) is 17.4 Å². The van der Waals surface area contributed by atoms with E-state index in [-0.39, 0.29) is 11.7 Å². The standard InChI is InChI=1S/C14H14F3NS/c1-9-7-8-19-13(9)10(2)18-12-6-4-3-5-11(12)14(15,16)17/h3-8,10,18H,1-2H3. The molecule has 2 aromatic rings. The monoisotopic (exact) mass is 285 g/mol. The first-order valence-corrected chi connectivity index (χ1v) is 6.74. The van der Waals surface area contributed by atoms with Crippen molar-refractivity contribution in [3.05, 3.63) is 51.7 Å². The molecule has 0 spiro atoms. The molecule has 1 aromatic carbocycles. The minimum Gasteiger partial charge on any atom is -0.377 e. The average molecular weight is 285 g/mol. The SMILES string of the molecule is Cc1ccsc1C(C)Nc1ccccc1C(F)(F)F. The first-order valence-electron chi connectivity index (χ1n) is 5.86. The number of thiophene rings is 1. The molecule has 2 rings (SSSR count). The lowest BCUT2D eigenvalue weighted by atomic mass is 10.1. The van der Waals surface area contributed by atoms with Crippen molar-refractivity contribution in [1.82, 2.24) is 0 Å². The second-order valence-electron chi connectivity index (χ2n) is 4.38. The highest BCUT2D eigenvalue weighted by Crippen LogP contribution is 2.36. The summed E-state index contributed by atoms with van der Waals surface area (Å²) in [5, 5.41) is 4.89. The quantitative estimate of drug-likeness (QED) is 0.812. The molecule has 0 aliphatic carbocycles. The van der Waals surface area contributed by atoms with Crippen LogP contribution >= 0.6 is 11.3 Å². The van der Waals surface area contributed by atoms with Gasteiger partial charge in [0.15, 0.2) is 0 Å². The van der Waals surface area contributed by atoms with Crippen LogP contribution in [0.5, 0.6) is 0 Å². The van der Waals surface area contributed by atoms with Crippen LogP contribution in [0.3, 0.4) is 0 Å². The van der Waals surface area contributed by atoms with Gasteiger partial charge in [-0.15, -0.1) is 11.3 Å². The molecule has 1 aromatic heterocycles. The van der Waals surface area contributed by atoms with Gasteiger partial charge < -0.3 is 5.32 Å². The zero-order valence-electron chi connectivity index (χ0n) is 10.6. The van der Waals surface area contributed by atoms with Crippen molar-refractivity contribution in [1.29, 1.82) is 0 Å². The van der Waals surface area contributed by atoms with Crippen molar-refractivity contribution in [2.75, 3.05) is 5.32 Å². The van der Waals surface area contributed by atoms with E-state index < -0.39 is 11.7 Å². The van der Waals surface area contributed by atoms with Crippen LogP contribution in [0.15, 0.2) is 35.7 Å². The zero-order chi connectivity index (χ0) is 14.0. The van der Waals surface area contributed by atoms with Gasteiger partial charge in [0, 0.05) is 10.6 Å². The van der Waals surface area contributed by atoms with Crippen molar-refractivity contribution in [3.63, 3.8) is 0 Å². The molecular formula is C14H14F3NS. The van der Waals surface area contributed by atoms with Gasteiger partial charge in [-0.25, -0.2) is 0 Å². The second kappa shape index (κ2) is 5.25. The summed E-state index contributed by atoms with van der Waals surface area (Å²) in [4.78, 5) is 1.05. The molecule has 1 N–H and O–H groups in total. The van der Waals surface area contributed by atoms with Gasteiger partial charge in [0.1, 0.15) is 0 Å². The minimum absolute atomic E-state index is 0.121. The van der Waals surface area contributed by atoms with Crippen LogP contribution in [0, 0.1) is 6.92 Å². The van der Waals surface area contributed by atoms with E-state index in [2.05, 4.69) is 5.32 Å². The summed E-state index contributed by atoms with van der Waals surface area (Å²) in [5.74, 6) is 0. The Hall–Kier alpha value is -1.49. The lowest BCUT2D eigenvalue weighted by Crippen LogP contribution is -2.13. The number of aryl methyl sites for hydroxylation is 1. The maximum atomic E-state index is 12.9. The lowest BCUT2D eigenvalue weighted by molar-refractivity contribution is -0.137. The van der Waals surface area contributed by atoms with Crippen LogP contribution in [0.25, 0.3) is 0 Å². The van der Waals surface area contributed by atoms with Crippen LogP contribution in [0.2, 0.25) is 0 Å². The summed E-state index contributed by atoms with van der Waals surface area (Å²) < 4.78 is 38.6. The molecule has 0 aliphatic rings. The minimum atomic E-state index is -4.34. The first-order chi connectivity index (χ1) is 8.89. The molecule has 1 atom stereocenters. The summed E-state index contributed by atoms with van der Waals surface area (Å²) in [7, 11) is 0. The van der Waals surface area contributed by atoms with Crippen molar-refractivity contribution >= 4 is 17.0 Å². The van der Waals surface area contributed by atoms with Crippen molar-refractivity contribution in [2.24, 2.45) is 0 Å². The van der Waals surface area contributed by atoms with E-state index in [1.807, 2.05) is 25.3 Å². The molecule has 19 heavy (non-hydrogen) atoms. The predicted octanol–water partition coefficient (Wildman–Crippen LogP) is 5.25. The van der Waals surface area contributed by atoms with E-state index in [0.29, 0.717) is 0 Å². The summed E-state index contributed by atoms with van der Waals surface area (Å²) in [5.41, 5.74) is 0.584. The van der Waals surface area contributed by atoms with Gasteiger partial charge in [0.05, 0.1) is 11.6 Å². The number of nitrogens with one attached hydrogen (secondary N) is 1. The van der Waals surface area contributed by atoms with E-state index in [0.717, 1.165) is 16.5 Å². The predicted molar refractivity (Wildman–Crippen MR) is 72.5 cm³/mol. The topological polar surface area (TPSA) is 12.0 Å². The second-order valence-corrected chi connectivity index (χ2v) is 5.32. The molecule has 0 bridgehead atoms. The summed E-state index contributed by atoms with van der Waals surface area (Å²) in [6.07, 6.45) is -4.34. The number of rotatable bonds is 3. The van der Waals surface area contributed by atoms with Gasteiger partial charge in [0.25, 0.3) is 0 Å². The highest BCUT2D eigenvalue weighted by atomic mass is 32.1. The van der Waals surface area contributed by atoms with Crippen molar-refractivity contribution in [3.8, 4) is 0 Å². The van der Waals surface area contributed by atoms with Crippen LogP contribution in [0.1, 0.15) is 29.0 Å². The Labute approximate surface area is 114 Å². The number of para-hydroxylation sites is 1. The van der Waals surface area contributed by atoms with Gasteiger partial charge in [-0.05, 0) is 43.0 Å². The number of alkyl halides is 3. The third kappa shape index (κ3) is 3.10. The molecule has 1 heterocycles. The third-order valence-electron chi connectivity index (χ3n) is 2.90. The van der Waals surface area contributed by atoms with Crippen molar-refractivity contribution < 1.29 is 13.2 Å². The number of hydrogen-bond donors (Lipinski definition) is 1. The zero-order valence-corrected chi connectivity index (χ0v) is 11.4. The largest absolute Gasteiger partial charge is 0.418 e. The molecule has 1 unspecified atom stereocenters. The molecule has 0 aliphatic heterocycles. The highest BCUT2D eigenvalue weighted by molar-refractivity contribution is 7.10. The van der Waals surface area contributed by atoms with Gasteiger partial charge in [0.2, 0.25) is 0 Å². The lowest BCUT2D eigenvalue weighted by Gasteiger charge is -2.19. The third-order valence-corrected chi connectivity index (χ3v) is 4.10. The fourth-order valence-electron chi connectivity index (χ4n) is 1.98. The smallest absolute Gasteiger partial charge is 0.377 e. The Morgan fingerprint density at radius 1 is 1.16 bits per heavy atom. The van der Waals surface area contributed by atoms with E-state index in [1.165, 1.54) is 12.1 Å². The molecule has 5 heteroatoms. The Morgan fingerprint density at radius 2 is 1.84 bits per heavy atom. The molecule has 102 valence electrons. The number of halogens is 3. The van der Waals surface area contributed by atoms with Crippen LogP contribution in [-0.4, -0.2) is 0 Å².